The fourth-order valence-corrected chi connectivity index (χ4v) is 4.25. The summed E-state index contributed by atoms with van der Waals surface area (Å²) in [6.45, 7) is 9.39. The molecule has 0 radical (unpaired) electrons. The lowest BCUT2D eigenvalue weighted by molar-refractivity contribution is -0.896. The van der Waals surface area contributed by atoms with E-state index in [0.717, 1.165) is 32.5 Å². The van der Waals surface area contributed by atoms with E-state index < -0.39 is 10.0 Å². The minimum atomic E-state index is -3.47. The number of hydrogen-bond acceptors (Lipinski definition) is 5. The third-order valence-electron chi connectivity index (χ3n) is 4.82. The van der Waals surface area contributed by atoms with E-state index in [9.17, 15) is 13.2 Å². The summed E-state index contributed by atoms with van der Waals surface area (Å²) >= 11 is 0. The van der Waals surface area contributed by atoms with Gasteiger partial charge in [-0.05, 0) is 45.7 Å². The molecule has 0 aromatic heterocycles. The highest BCUT2D eigenvalue weighted by molar-refractivity contribution is 7.89. The van der Waals surface area contributed by atoms with Crippen LogP contribution in [0.25, 0.3) is 0 Å². The van der Waals surface area contributed by atoms with Crippen LogP contribution in [0.4, 0.5) is 0 Å². The summed E-state index contributed by atoms with van der Waals surface area (Å²) in [6, 6.07) is 4.68. The van der Waals surface area contributed by atoms with E-state index in [2.05, 4.69) is 23.9 Å². The molecular weight excluding hydrogens is 394 g/mol. The summed E-state index contributed by atoms with van der Waals surface area (Å²) in [5.74, 6) is 0.423. The van der Waals surface area contributed by atoms with Crippen LogP contribution in [0.3, 0.4) is 0 Å². The standard InChI is InChI=1S/C20H35N3O5S/c1-6-23(7-2)11-8-9-16(3)22-29(25,26)12-10-21-20(24)17-13-18(27-4)15-19(14-17)28-5/h13-16,22H,6-12H2,1-5H3,(H,21,24)/p+1/t16-/m1/s1. The zero-order valence-electron chi connectivity index (χ0n) is 18.2. The number of rotatable bonds is 14. The molecule has 0 saturated carbocycles. The molecule has 29 heavy (non-hydrogen) atoms. The molecule has 1 amide bonds. The van der Waals surface area contributed by atoms with E-state index in [4.69, 9.17) is 9.47 Å². The third-order valence-corrected chi connectivity index (χ3v) is 6.32. The van der Waals surface area contributed by atoms with Gasteiger partial charge in [-0.3, -0.25) is 4.79 Å². The summed E-state index contributed by atoms with van der Waals surface area (Å²) in [5.41, 5.74) is 0.346. The van der Waals surface area contributed by atoms with E-state index in [1.54, 1.807) is 18.2 Å². The maximum Gasteiger partial charge on any atom is 0.251 e. The molecule has 8 nitrogen and oxygen atoms in total. The molecule has 0 bridgehead atoms. The molecule has 166 valence electrons. The molecule has 1 rings (SSSR count). The molecule has 0 aliphatic carbocycles. The first-order valence-electron chi connectivity index (χ1n) is 10.1. The first-order chi connectivity index (χ1) is 13.7. The highest BCUT2D eigenvalue weighted by Gasteiger charge is 2.16. The Labute approximate surface area is 175 Å². The van der Waals surface area contributed by atoms with Crippen molar-refractivity contribution in [2.45, 2.75) is 39.7 Å². The van der Waals surface area contributed by atoms with Crippen LogP contribution in [0.2, 0.25) is 0 Å². The second-order valence-electron chi connectivity index (χ2n) is 7.04. The number of carbonyl (C=O) groups excluding carboxylic acids is 1. The molecule has 3 N–H and O–H groups in total. The molecule has 0 unspecified atom stereocenters. The number of benzene rings is 1. The number of methoxy groups -OCH3 is 2. The highest BCUT2D eigenvalue weighted by Crippen LogP contribution is 2.22. The zero-order chi connectivity index (χ0) is 21.9. The number of hydrogen-bond donors (Lipinski definition) is 3. The molecule has 0 spiro atoms. The Kier molecular flexibility index (Phi) is 11.0. The molecule has 1 aromatic carbocycles. The monoisotopic (exact) mass is 430 g/mol. The predicted molar refractivity (Wildman–Crippen MR) is 114 cm³/mol. The van der Waals surface area contributed by atoms with Crippen molar-refractivity contribution >= 4 is 15.9 Å². The van der Waals surface area contributed by atoms with Gasteiger partial charge in [0.25, 0.3) is 5.91 Å². The van der Waals surface area contributed by atoms with Crippen LogP contribution in [0.1, 0.15) is 44.0 Å². The van der Waals surface area contributed by atoms with E-state index in [1.807, 2.05) is 6.92 Å². The van der Waals surface area contributed by atoms with E-state index in [-0.39, 0.29) is 24.2 Å². The molecule has 9 heteroatoms. The lowest BCUT2D eigenvalue weighted by Crippen LogP contribution is -3.11. The number of carbonyl (C=O) groups is 1. The van der Waals surface area contributed by atoms with Gasteiger partial charge >= 0.3 is 0 Å². The Bertz CT molecular complexity index is 713. The smallest absolute Gasteiger partial charge is 0.251 e. The minimum absolute atomic E-state index is 0.0179. The maximum absolute atomic E-state index is 12.3. The van der Waals surface area contributed by atoms with Crippen molar-refractivity contribution in [1.29, 1.82) is 0 Å². The third kappa shape index (κ3) is 9.47. The number of amides is 1. The number of ether oxygens (including phenoxy) is 2. The van der Waals surface area contributed by atoms with Gasteiger partial charge in [-0.25, -0.2) is 13.1 Å². The van der Waals surface area contributed by atoms with Crippen molar-refractivity contribution in [3.63, 3.8) is 0 Å². The van der Waals surface area contributed by atoms with Crippen molar-refractivity contribution in [3.05, 3.63) is 23.8 Å². The largest absolute Gasteiger partial charge is 0.497 e. The first kappa shape index (κ1) is 25.2. The van der Waals surface area contributed by atoms with Crippen molar-refractivity contribution in [3.8, 4) is 11.5 Å². The van der Waals surface area contributed by atoms with Crippen LogP contribution in [-0.4, -0.2) is 66.5 Å². The average Bonchev–Trinajstić information content (AvgIpc) is 2.70. The number of nitrogens with one attached hydrogen (secondary N) is 3. The Morgan fingerprint density at radius 1 is 1.10 bits per heavy atom. The molecular formula is C20H36N3O5S+. The molecule has 0 heterocycles. The van der Waals surface area contributed by atoms with E-state index in [0.29, 0.717) is 17.1 Å². The van der Waals surface area contributed by atoms with Crippen LogP contribution in [0.15, 0.2) is 18.2 Å². The van der Waals surface area contributed by atoms with Crippen LogP contribution in [-0.2, 0) is 10.0 Å². The van der Waals surface area contributed by atoms with Crippen molar-refractivity contribution in [1.82, 2.24) is 10.0 Å². The number of quaternary nitrogens is 1. The Morgan fingerprint density at radius 2 is 1.69 bits per heavy atom. The fraction of sp³-hybridized carbons (Fsp3) is 0.650. The van der Waals surface area contributed by atoms with Gasteiger partial charge in [-0.15, -0.1) is 0 Å². The van der Waals surface area contributed by atoms with Crippen molar-refractivity contribution in [2.75, 3.05) is 46.2 Å². The Hall–Kier alpha value is -1.84. The van der Waals surface area contributed by atoms with Gasteiger partial charge in [-0.2, -0.15) is 0 Å². The second kappa shape index (κ2) is 12.7. The SMILES string of the molecule is CC[NH+](CC)CCC[C@@H](C)NS(=O)(=O)CCNC(=O)c1cc(OC)cc(OC)c1. The van der Waals surface area contributed by atoms with Crippen LogP contribution >= 0.6 is 0 Å². The van der Waals surface area contributed by atoms with Gasteiger partial charge in [0.2, 0.25) is 10.0 Å². The fourth-order valence-electron chi connectivity index (χ4n) is 3.03. The van der Waals surface area contributed by atoms with Gasteiger partial charge in [0, 0.05) is 24.2 Å². The first-order valence-corrected chi connectivity index (χ1v) is 11.7. The van der Waals surface area contributed by atoms with Gasteiger partial charge in [0.15, 0.2) is 0 Å². The summed E-state index contributed by atoms with van der Waals surface area (Å²) in [5, 5.41) is 2.63. The lowest BCUT2D eigenvalue weighted by atomic mass is 10.2. The summed E-state index contributed by atoms with van der Waals surface area (Å²) in [7, 11) is -0.469. The van der Waals surface area contributed by atoms with E-state index in [1.165, 1.54) is 19.1 Å². The van der Waals surface area contributed by atoms with Crippen LogP contribution in [0.5, 0.6) is 11.5 Å². The normalized spacial score (nSPS) is 12.6. The van der Waals surface area contributed by atoms with Crippen molar-refractivity contribution in [2.24, 2.45) is 0 Å². The zero-order valence-corrected chi connectivity index (χ0v) is 19.0. The van der Waals surface area contributed by atoms with E-state index >= 15 is 0 Å². The minimum Gasteiger partial charge on any atom is -0.497 e. The molecule has 0 aliphatic heterocycles. The summed E-state index contributed by atoms with van der Waals surface area (Å²) in [4.78, 5) is 13.8. The van der Waals surface area contributed by atoms with Gasteiger partial charge in [0.05, 0.1) is 39.6 Å². The maximum atomic E-state index is 12.3. The van der Waals surface area contributed by atoms with Crippen molar-refractivity contribution < 1.29 is 27.6 Å². The summed E-state index contributed by atoms with van der Waals surface area (Å²) < 4.78 is 37.5. The second-order valence-corrected chi connectivity index (χ2v) is 8.92. The Balaban J connectivity index is 2.46. The molecule has 1 aromatic rings. The quantitative estimate of drug-likeness (QED) is 0.398. The molecule has 1 atom stereocenters. The Morgan fingerprint density at radius 3 is 2.21 bits per heavy atom. The highest BCUT2D eigenvalue weighted by atomic mass is 32.2. The average molecular weight is 431 g/mol. The van der Waals surface area contributed by atoms with Crippen LogP contribution in [0, 0.1) is 0 Å². The topological polar surface area (TPSA) is 98.2 Å². The molecule has 0 aliphatic rings. The van der Waals surface area contributed by atoms with Crippen LogP contribution < -0.4 is 24.4 Å². The molecule has 0 fully saturated rings. The van der Waals surface area contributed by atoms with Gasteiger partial charge in [-0.1, -0.05) is 0 Å². The predicted octanol–water partition coefficient (Wildman–Crippen LogP) is 0.446. The lowest BCUT2D eigenvalue weighted by Gasteiger charge is -2.18. The number of sulfonamides is 1. The molecule has 0 saturated heterocycles. The van der Waals surface area contributed by atoms with Gasteiger partial charge < -0.3 is 19.7 Å². The summed E-state index contributed by atoms with van der Waals surface area (Å²) in [6.07, 6.45) is 1.76. The van der Waals surface area contributed by atoms with Gasteiger partial charge in [0.1, 0.15) is 11.5 Å².